The number of anilines is 1. The predicted octanol–water partition coefficient (Wildman–Crippen LogP) is -0.786. The molecule has 0 radical (unpaired) electrons. The number of hydrogen-bond donors (Lipinski definition) is 0. The van der Waals surface area contributed by atoms with Crippen LogP contribution in [0, 0.1) is 0 Å². The largest absolute Gasteiger partial charge is 0.545 e. The molecule has 0 N–H and O–H groups in total. The SMILES string of the molecule is O=C([O-])c1ccc2c(c1)C(=O)N(c1ccccc1C(=O)[O-])C2=O. The van der Waals surface area contributed by atoms with Gasteiger partial charge in [-0.15, -0.1) is 0 Å². The smallest absolute Gasteiger partial charge is 0.266 e. The van der Waals surface area contributed by atoms with Crippen molar-refractivity contribution in [2.24, 2.45) is 0 Å². The summed E-state index contributed by atoms with van der Waals surface area (Å²) in [5, 5.41) is 22.0. The number of benzene rings is 2. The second-order valence-electron chi connectivity index (χ2n) is 4.80. The van der Waals surface area contributed by atoms with Gasteiger partial charge in [0.15, 0.2) is 0 Å². The Balaban J connectivity index is 2.15. The number of fused-ring (bicyclic) bond motifs is 1. The number of imide groups is 1. The monoisotopic (exact) mass is 309 g/mol. The van der Waals surface area contributed by atoms with E-state index in [2.05, 4.69) is 0 Å². The number of carbonyl (C=O) groups excluding carboxylic acids is 4. The Morgan fingerprint density at radius 1 is 0.826 bits per heavy atom. The molecule has 1 aliphatic heterocycles. The zero-order chi connectivity index (χ0) is 16.7. The fourth-order valence-electron chi connectivity index (χ4n) is 2.43. The van der Waals surface area contributed by atoms with E-state index < -0.39 is 23.8 Å². The molecule has 114 valence electrons. The van der Waals surface area contributed by atoms with Gasteiger partial charge < -0.3 is 19.8 Å². The van der Waals surface area contributed by atoms with Crippen LogP contribution in [0.25, 0.3) is 0 Å². The van der Waals surface area contributed by atoms with Crippen molar-refractivity contribution in [3.05, 3.63) is 64.7 Å². The van der Waals surface area contributed by atoms with Crippen molar-refractivity contribution in [2.45, 2.75) is 0 Å². The van der Waals surface area contributed by atoms with Gasteiger partial charge in [0, 0.05) is 5.56 Å². The van der Waals surface area contributed by atoms with Crippen molar-refractivity contribution in [3.63, 3.8) is 0 Å². The first-order valence-electron chi connectivity index (χ1n) is 6.46. The number of carboxylic acids is 2. The maximum Gasteiger partial charge on any atom is 0.266 e. The highest BCUT2D eigenvalue weighted by atomic mass is 16.4. The maximum atomic E-state index is 12.4. The molecule has 3 rings (SSSR count). The highest BCUT2D eigenvalue weighted by molar-refractivity contribution is 6.35. The summed E-state index contributed by atoms with van der Waals surface area (Å²) in [6, 6.07) is 8.79. The number of carboxylic acid groups (broad SMARTS) is 2. The Bertz CT molecular complexity index is 886. The van der Waals surface area contributed by atoms with E-state index >= 15 is 0 Å². The van der Waals surface area contributed by atoms with E-state index in [0.29, 0.717) is 4.90 Å². The molecule has 0 unspecified atom stereocenters. The Labute approximate surface area is 129 Å². The van der Waals surface area contributed by atoms with Crippen LogP contribution in [-0.2, 0) is 0 Å². The molecule has 2 aromatic rings. The number of para-hydroxylation sites is 1. The van der Waals surface area contributed by atoms with Crippen LogP contribution in [0.1, 0.15) is 41.4 Å². The Morgan fingerprint density at radius 2 is 1.48 bits per heavy atom. The fourth-order valence-corrected chi connectivity index (χ4v) is 2.43. The van der Waals surface area contributed by atoms with Crippen LogP contribution in [0.3, 0.4) is 0 Å². The highest BCUT2D eigenvalue weighted by Gasteiger charge is 2.37. The predicted molar refractivity (Wildman–Crippen MR) is 72.7 cm³/mol. The second-order valence-corrected chi connectivity index (χ2v) is 4.80. The molecule has 0 aromatic heterocycles. The van der Waals surface area contributed by atoms with Crippen LogP contribution in [-0.4, -0.2) is 23.8 Å². The third-order valence-electron chi connectivity index (χ3n) is 3.49. The van der Waals surface area contributed by atoms with Gasteiger partial charge in [-0.05, 0) is 23.8 Å². The quantitative estimate of drug-likeness (QED) is 0.686. The topological polar surface area (TPSA) is 118 Å². The van der Waals surface area contributed by atoms with Gasteiger partial charge in [-0.2, -0.15) is 0 Å². The van der Waals surface area contributed by atoms with Gasteiger partial charge in [-0.1, -0.05) is 24.3 Å². The van der Waals surface area contributed by atoms with Crippen LogP contribution < -0.4 is 15.1 Å². The number of carbonyl (C=O) groups is 4. The molecule has 7 heteroatoms. The molecule has 0 bridgehead atoms. The molecule has 0 saturated carbocycles. The minimum atomic E-state index is -1.53. The van der Waals surface area contributed by atoms with E-state index in [9.17, 15) is 29.4 Å². The van der Waals surface area contributed by atoms with Gasteiger partial charge in [-0.25, -0.2) is 4.90 Å². The highest BCUT2D eigenvalue weighted by Crippen LogP contribution is 2.31. The zero-order valence-electron chi connectivity index (χ0n) is 11.4. The molecule has 23 heavy (non-hydrogen) atoms. The molecular formula is C16H7NO6-2. The van der Waals surface area contributed by atoms with E-state index in [1.165, 1.54) is 30.3 Å². The van der Waals surface area contributed by atoms with E-state index in [-0.39, 0.29) is 27.9 Å². The van der Waals surface area contributed by atoms with Crippen molar-refractivity contribution < 1.29 is 29.4 Å². The van der Waals surface area contributed by atoms with Crippen LogP contribution in [0.4, 0.5) is 5.69 Å². The summed E-state index contributed by atoms with van der Waals surface area (Å²) in [6.07, 6.45) is 0. The lowest BCUT2D eigenvalue weighted by atomic mass is 10.1. The molecule has 0 saturated heterocycles. The van der Waals surface area contributed by atoms with Gasteiger partial charge in [-0.3, -0.25) is 9.59 Å². The number of hydrogen-bond acceptors (Lipinski definition) is 6. The fraction of sp³-hybridized carbons (Fsp3) is 0. The summed E-state index contributed by atoms with van der Waals surface area (Å²) in [6.45, 7) is 0. The summed E-state index contributed by atoms with van der Waals surface area (Å²) < 4.78 is 0. The molecule has 7 nitrogen and oxygen atoms in total. The number of aromatic carboxylic acids is 2. The molecule has 2 aromatic carbocycles. The third-order valence-corrected chi connectivity index (χ3v) is 3.49. The second kappa shape index (κ2) is 5.06. The van der Waals surface area contributed by atoms with Crippen LogP contribution in [0.5, 0.6) is 0 Å². The van der Waals surface area contributed by atoms with Gasteiger partial charge >= 0.3 is 0 Å². The maximum absolute atomic E-state index is 12.4. The summed E-state index contributed by atoms with van der Waals surface area (Å²) in [7, 11) is 0. The van der Waals surface area contributed by atoms with Crippen molar-refractivity contribution in [3.8, 4) is 0 Å². The number of rotatable bonds is 3. The molecule has 0 fully saturated rings. The van der Waals surface area contributed by atoms with Gasteiger partial charge in [0.25, 0.3) is 11.8 Å². The Hall–Kier alpha value is -3.48. The van der Waals surface area contributed by atoms with E-state index in [1.54, 1.807) is 0 Å². The summed E-state index contributed by atoms with van der Waals surface area (Å²) in [5.41, 5.74) is -0.825. The normalized spacial score (nSPS) is 13.1. The first-order chi connectivity index (χ1) is 10.9. The van der Waals surface area contributed by atoms with Gasteiger partial charge in [0.2, 0.25) is 0 Å². The standard InChI is InChI=1S/C16H9NO6/c18-13-9-6-5-8(15(20)21)7-11(9)14(19)17(13)12-4-2-1-3-10(12)16(22)23/h1-7H,(H,20,21)(H,22,23)/p-2. The first kappa shape index (κ1) is 14.5. The van der Waals surface area contributed by atoms with E-state index in [0.717, 1.165) is 12.1 Å². The zero-order valence-corrected chi connectivity index (χ0v) is 11.4. The molecular weight excluding hydrogens is 302 g/mol. The summed E-state index contributed by atoms with van der Waals surface area (Å²) in [5.74, 6) is -4.56. The Morgan fingerprint density at radius 3 is 2.13 bits per heavy atom. The average Bonchev–Trinajstić information content (AvgIpc) is 2.78. The van der Waals surface area contributed by atoms with Gasteiger partial charge in [0.05, 0.1) is 28.8 Å². The molecule has 0 aliphatic carbocycles. The van der Waals surface area contributed by atoms with Crippen molar-refractivity contribution in [2.75, 3.05) is 4.90 Å². The van der Waals surface area contributed by atoms with E-state index in [1.807, 2.05) is 0 Å². The van der Waals surface area contributed by atoms with Crippen molar-refractivity contribution in [1.82, 2.24) is 0 Å². The minimum Gasteiger partial charge on any atom is -0.545 e. The molecule has 2 amide bonds. The van der Waals surface area contributed by atoms with Crippen LogP contribution in [0.2, 0.25) is 0 Å². The van der Waals surface area contributed by atoms with Crippen molar-refractivity contribution >= 4 is 29.4 Å². The molecule has 1 aliphatic rings. The summed E-state index contributed by atoms with van der Waals surface area (Å²) >= 11 is 0. The molecule has 0 spiro atoms. The lowest BCUT2D eigenvalue weighted by molar-refractivity contribution is -0.256. The lowest BCUT2D eigenvalue weighted by Gasteiger charge is -2.18. The van der Waals surface area contributed by atoms with Gasteiger partial charge in [0.1, 0.15) is 0 Å². The molecule has 1 heterocycles. The number of amides is 2. The van der Waals surface area contributed by atoms with Crippen LogP contribution >= 0.6 is 0 Å². The Kier molecular flexibility index (Phi) is 3.18. The minimum absolute atomic E-state index is 0.00634. The van der Waals surface area contributed by atoms with Crippen molar-refractivity contribution in [1.29, 1.82) is 0 Å². The van der Waals surface area contributed by atoms with Crippen LogP contribution in [0.15, 0.2) is 42.5 Å². The van der Waals surface area contributed by atoms with E-state index in [4.69, 9.17) is 0 Å². The average molecular weight is 309 g/mol. The third kappa shape index (κ3) is 2.15. The lowest BCUT2D eigenvalue weighted by Crippen LogP contribution is -2.33. The number of nitrogens with zero attached hydrogens (tertiary/aromatic N) is 1. The summed E-state index contributed by atoms with van der Waals surface area (Å²) in [4.78, 5) is 47.6. The first-order valence-corrected chi connectivity index (χ1v) is 6.46. The molecule has 0 atom stereocenters.